The number of nitrogens with one attached hydrogen (secondary N) is 2. The lowest BCUT2D eigenvalue weighted by molar-refractivity contribution is 0.395. The molecular weight excluding hydrogens is 303 g/mol. The van der Waals surface area contributed by atoms with Crippen molar-refractivity contribution in [1.82, 2.24) is 5.32 Å². The Kier molecular flexibility index (Phi) is 5.55. The number of hydrogen-bond acceptors (Lipinski definition) is 3. The van der Waals surface area contributed by atoms with Crippen molar-refractivity contribution in [2.75, 3.05) is 19.5 Å². The highest BCUT2D eigenvalue weighted by Gasteiger charge is 2.07. The second-order valence-corrected chi connectivity index (χ2v) is 4.87. The maximum atomic E-state index is 13.5. The van der Waals surface area contributed by atoms with E-state index in [9.17, 15) is 4.39 Å². The van der Waals surface area contributed by atoms with Crippen LogP contribution >= 0.6 is 12.2 Å². The summed E-state index contributed by atoms with van der Waals surface area (Å²) in [6.45, 7) is 0.303. The number of halogens is 1. The molecule has 2 rings (SSSR count). The largest absolute Gasteiger partial charge is 0.497 e. The van der Waals surface area contributed by atoms with E-state index < -0.39 is 0 Å². The normalized spacial score (nSPS) is 9.95. The van der Waals surface area contributed by atoms with Crippen LogP contribution in [0.1, 0.15) is 5.56 Å². The van der Waals surface area contributed by atoms with E-state index in [1.165, 1.54) is 6.07 Å². The molecule has 22 heavy (non-hydrogen) atoms. The zero-order valence-corrected chi connectivity index (χ0v) is 13.2. The summed E-state index contributed by atoms with van der Waals surface area (Å²) in [5.74, 6) is 1.03. The molecule has 0 spiro atoms. The smallest absolute Gasteiger partial charge is 0.171 e. The van der Waals surface area contributed by atoms with Crippen molar-refractivity contribution in [1.29, 1.82) is 0 Å². The van der Waals surface area contributed by atoms with E-state index in [4.69, 9.17) is 21.7 Å². The van der Waals surface area contributed by atoms with Crippen molar-refractivity contribution in [3.05, 3.63) is 53.8 Å². The van der Waals surface area contributed by atoms with Crippen molar-refractivity contribution in [3.8, 4) is 11.5 Å². The molecule has 0 saturated carbocycles. The Morgan fingerprint density at radius 1 is 1.14 bits per heavy atom. The Bertz CT molecular complexity index is 664. The number of thiocarbonyl (C=S) groups is 1. The van der Waals surface area contributed by atoms with E-state index in [1.54, 1.807) is 50.6 Å². The first-order valence-electron chi connectivity index (χ1n) is 6.64. The Morgan fingerprint density at radius 2 is 1.91 bits per heavy atom. The van der Waals surface area contributed by atoms with Gasteiger partial charge in [-0.05, 0) is 30.4 Å². The molecule has 0 aliphatic carbocycles. The minimum Gasteiger partial charge on any atom is -0.497 e. The lowest BCUT2D eigenvalue weighted by Crippen LogP contribution is -2.28. The molecule has 0 heterocycles. The van der Waals surface area contributed by atoms with E-state index in [0.29, 0.717) is 34.4 Å². The topological polar surface area (TPSA) is 42.5 Å². The van der Waals surface area contributed by atoms with Crippen LogP contribution in [0, 0.1) is 5.82 Å². The highest BCUT2D eigenvalue weighted by Crippen LogP contribution is 2.28. The van der Waals surface area contributed by atoms with E-state index in [-0.39, 0.29) is 5.82 Å². The predicted octanol–water partition coefficient (Wildman–Crippen LogP) is 3.33. The molecule has 0 aromatic heterocycles. The van der Waals surface area contributed by atoms with Gasteiger partial charge < -0.3 is 20.1 Å². The maximum Gasteiger partial charge on any atom is 0.171 e. The summed E-state index contributed by atoms with van der Waals surface area (Å²) in [4.78, 5) is 0. The van der Waals surface area contributed by atoms with Gasteiger partial charge in [0.2, 0.25) is 0 Å². The molecule has 4 nitrogen and oxygen atoms in total. The fourth-order valence-electron chi connectivity index (χ4n) is 1.89. The summed E-state index contributed by atoms with van der Waals surface area (Å²) in [5.41, 5.74) is 1.25. The number of ether oxygens (including phenoxy) is 2. The Hall–Kier alpha value is -2.34. The number of methoxy groups -OCH3 is 2. The second kappa shape index (κ2) is 7.61. The van der Waals surface area contributed by atoms with Gasteiger partial charge in [-0.2, -0.15) is 0 Å². The Labute approximate surface area is 134 Å². The van der Waals surface area contributed by atoms with Crippen molar-refractivity contribution in [3.63, 3.8) is 0 Å². The van der Waals surface area contributed by atoms with Gasteiger partial charge >= 0.3 is 0 Å². The molecule has 0 aliphatic rings. The lowest BCUT2D eigenvalue weighted by atomic mass is 10.2. The highest BCUT2D eigenvalue weighted by molar-refractivity contribution is 7.80. The Balaban J connectivity index is 1.99. The summed E-state index contributed by atoms with van der Waals surface area (Å²) >= 11 is 5.22. The molecule has 116 valence electrons. The average molecular weight is 320 g/mol. The quantitative estimate of drug-likeness (QED) is 0.827. The zero-order valence-electron chi connectivity index (χ0n) is 12.4. The summed E-state index contributed by atoms with van der Waals surface area (Å²) in [6, 6.07) is 11.9. The van der Waals surface area contributed by atoms with Gasteiger partial charge in [-0.1, -0.05) is 18.2 Å². The molecule has 2 N–H and O–H groups in total. The minimum atomic E-state index is -0.264. The van der Waals surface area contributed by atoms with Gasteiger partial charge in [-0.3, -0.25) is 0 Å². The second-order valence-electron chi connectivity index (χ2n) is 4.47. The van der Waals surface area contributed by atoms with Gasteiger partial charge in [-0.25, -0.2) is 4.39 Å². The first kappa shape index (κ1) is 16.0. The molecule has 0 bridgehead atoms. The van der Waals surface area contributed by atoms with Crippen LogP contribution < -0.4 is 20.1 Å². The van der Waals surface area contributed by atoms with Gasteiger partial charge in [0, 0.05) is 18.2 Å². The van der Waals surface area contributed by atoms with Crippen molar-refractivity contribution >= 4 is 23.0 Å². The summed E-state index contributed by atoms with van der Waals surface area (Å²) in [5, 5.41) is 6.36. The van der Waals surface area contributed by atoms with Crippen LogP contribution in [-0.4, -0.2) is 19.3 Å². The molecule has 0 saturated heterocycles. The van der Waals surface area contributed by atoms with Gasteiger partial charge in [0.25, 0.3) is 0 Å². The van der Waals surface area contributed by atoms with Gasteiger partial charge in [0.1, 0.15) is 17.3 Å². The van der Waals surface area contributed by atoms with E-state index in [0.717, 1.165) is 0 Å². The van der Waals surface area contributed by atoms with Crippen LogP contribution in [0.4, 0.5) is 10.1 Å². The molecular formula is C16H17FN2O2S. The van der Waals surface area contributed by atoms with Crippen molar-refractivity contribution < 1.29 is 13.9 Å². The SMILES string of the molecule is COc1ccc(NC(=S)NCc2ccccc2F)c(OC)c1. The van der Waals surface area contributed by atoms with Gasteiger partial charge in [0.05, 0.1) is 19.9 Å². The van der Waals surface area contributed by atoms with Crippen molar-refractivity contribution in [2.24, 2.45) is 0 Å². The van der Waals surface area contributed by atoms with Gasteiger partial charge in [-0.15, -0.1) is 0 Å². The first-order valence-corrected chi connectivity index (χ1v) is 7.05. The third-order valence-electron chi connectivity index (χ3n) is 3.05. The fraction of sp³-hybridized carbons (Fsp3) is 0.188. The van der Waals surface area contributed by atoms with Crippen LogP contribution in [0.2, 0.25) is 0 Å². The summed E-state index contributed by atoms with van der Waals surface area (Å²) in [7, 11) is 3.15. The molecule has 0 atom stereocenters. The van der Waals surface area contributed by atoms with Crippen LogP contribution in [0.5, 0.6) is 11.5 Å². The molecule has 0 unspecified atom stereocenters. The van der Waals surface area contributed by atoms with E-state index >= 15 is 0 Å². The monoisotopic (exact) mass is 320 g/mol. The molecule has 2 aromatic carbocycles. The minimum absolute atomic E-state index is 0.264. The molecule has 6 heteroatoms. The standard InChI is InChI=1S/C16H17FN2O2S/c1-20-12-7-8-14(15(9-12)21-2)19-16(22)18-10-11-5-3-4-6-13(11)17/h3-9H,10H2,1-2H3,(H2,18,19,22). The van der Waals surface area contributed by atoms with Crippen LogP contribution in [0.25, 0.3) is 0 Å². The molecule has 0 aliphatic heterocycles. The van der Waals surface area contributed by atoms with Crippen LogP contribution in [-0.2, 0) is 6.54 Å². The first-order chi connectivity index (χ1) is 10.6. The average Bonchev–Trinajstić information content (AvgIpc) is 2.54. The fourth-order valence-corrected chi connectivity index (χ4v) is 2.07. The third kappa shape index (κ3) is 4.08. The van der Waals surface area contributed by atoms with E-state index in [2.05, 4.69) is 10.6 Å². The van der Waals surface area contributed by atoms with Gasteiger partial charge in [0.15, 0.2) is 5.11 Å². The van der Waals surface area contributed by atoms with E-state index in [1.807, 2.05) is 0 Å². The number of hydrogen-bond donors (Lipinski definition) is 2. The molecule has 2 aromatic rings. The number of rotatable bonds is 5. The van der Waals surface area contributed by atoms with Crippen LogP contribution in [0.15, 0.2) is 42.5 Å². The molecule has 0 radical (unpaired) electrons. The number of anilines is 1. The molecule has 0 fully saturated rings. The predicted molar refractivity (Wildman–Crippen MR) is 89.0 cm³/mol. The summed E-state index contributed by atoms with van der Waals surface area (Å²) < 4.78 is 23.9. The molecule has 0 amide bonds. The van der Waals surface area contributed by atoms with Crippen LogP contribution in [0.3, 0.4) is 0 Å². The Morgan fingerprint density at radius 3 is 2.59 bits per heavy atom. The lowest BCUT2D eigenvalue weighted by Gasteiger charge is -2.14. The van der Waals surface area contributed by atoms with Crippen molar-refractivity contribution in [2.45, 2.75) is 6.54 Å². The highest BCUT2D eigenvalue weighted by atomic mass is 32.1. The summed E-state index contributed by atoms with van der Waals surface area (Å²) in [6.07, 6.45) is 0. The third-order valence-corrected chi connectivity index (χ3v) is 3.30. The zero-order chi connectivity index (χ0) is 15.9. The maximum absolute atomic E-state index is 13.5. The number of benzene rings is 2.